The summed E-state index contributed by atoms with van der Waals surface area (Å²) in [4.78, 5) is 58.9. The Hall–Kier alpha value is -2.97. The quantitative estimate of drug-likeness (QED) is 0.741. The summed E-state index contributed by atoms with van der Waals surface area (Å²) in [6.07, 6.45) is 1.33. The molecule has 2 aromatic heterocycles. The number of hydrogen-bond acceptors (Lipinski definition) is 6. The summed E-state index contributed by atoms with van der Waals surface area (Å²) in [5.41, 5.74) is -0.152. The molecule has 0 aliphatic carbocycles. The number of amides is 1. The van der Waals surface area contributed by atoms with Crippen LogP contribution in [0.5, 0.6) is 0 Å². The Kier molecular flexibility index (Phi) is 6.38. The fraction of sp³-hybridized carbons (Fsp3) is 0.571. The third-order valence-corrected chi connectivity index (χ3v) is 5.44. The number of fused-ring (bicyclic) bond motifs is 1. The lowest BCUT2D eigenvalue weighted by Crippen LogP contribution is -2.43. The molecule has 9 heteroatoms. The van der Waals surface area contributed by atoms with Gasteiger partial charge in [-0.2, -0.15) is 0 Å². The number of aryl methyl sites for hydroxylation is 1. The monoisotopic (exact) mass is 416 g/mol. The second kappa shape index (κ2) is 8.81. The van der Waals surface area contributed by atoms with Crippen LogP contribution in [-0.4, -0.2) is 51.0 Å². The number of aromatic amines is 1. The van der Waals surface area contributed by atoms with E-state index in [9.17, 15) is 19.2 Å². The van der Waals surface area contributed by atoms with Crippen LogP contribution in [0.3, 0.4) is 0 Å². The molecule has 162 valence electrons. The molecule has 0 spiro atoms. The third-order valence-electron chi connectivity index (χ3n) is 5.44. The zero-order valence-corrected chi connectivity index (χ0v) is 17.9. The van der Waals surface area contributed by atoms with Gasteiger partial charge >= 0.3 is 11.7 Å². The minimum atomic E-state index is -0.634. The molecule has 9 nitrogen and oxygen atoms in total. The lowest BCUT2D eigenvalue weighted by Gasteiger charge is -2.32. The van der Waals surface area contributed by atoms with E-state index in [4.69, 9.17) is 4.74 Å². The average Bonchev–Trinajstić information content (AvgIpc) is 2.72. The van der Waals surface area contributed by atoms with Crippen LogP contribution in [0.1, 0.15) is 62.5 Å². The Labute approximate surface area is 174 Å². The molecule has 30 heavy (non-hydrogen) atoms. The minimum absolute atomic E-state index is 0.00529. The number of carbonyl (C=O) groups is 2. The van der Waals surface area contributed by atoms with Gasteiger partial charge in [0.15, 0.2) is 5.65 Å². The number of H-pyrrole nitrogens is 1. The van der Waals surface area contributed by atoms with E-state index < -0.39 is 11.2 Å². The first kappa shape index (κ1) is 21.7. The molecule has 0 unspecified atom stereocenters. The molecule has 0 bridgehead atoms. The van der Waals surface area contributed by atoms with Gasteiger partial charge in [-0.1, -0.05) is 13.8 Å². The summed E-state index contributed by atoms with van der Waals surface area (Å²) >= 11 is 0. The zero-order valence-electron chi connectivity index (χ0n) is 17.9. The van der Waals surface area contributed by atoms with Crippen molar-refractivity contribution in [1.82, 2.24) is 19.4 Å². The smallest absolute Gasteiger partial charge is 0.329 e. The summed E-state index contributed by atoms with van der Waals surface area (Å²) in [5.74, 6) is -1.04. The number of nitrogens with one attached hydrogen (secondary N) is 1. The standard InChI is InChI=1S/C21H28N4O5/c1-5-25-17-16(18(26)23-21(25)29)14(10-15(22-17)12(3)4)19(27)24-9-7-8-13(11-24)20(28)30-6-2/h10,12-13H,5-9,11H2,1-4H3,(H,23,26,29)/t13-/m1/s1. The van der Waals surface area contributed by atoms with Gasteiger partial charge in [0.2, 0.25) is 0 Å². The molecular weight excluding hydrogens is 388 g/mol. The first-order chi connectivity index (χ1) is 14.3. The predicted molar refractivity (Wildman–Crippen MR) is 112 cm³/mol. The molecule has 0 radical (unpaired) electrons. The molecule has 3 heterocycles. The number of carbonyl (C=O) groups excluding carboxylic acids is 2. The van der Waals surface area contributed by atoms with Gasteiger partial charge in [-0.15, -0.1) is 0 Å². The zero-order chi connectivity index (χ0) is 22.0. The molecule has 1 saturated heterocycles. The van der Waals surface area contributed by atoms with Crippen molar-refractivity contribution >= 4 is 22.9 Å². The van der Waals surface area contributed by atoms with E-state index in [0.717, 1.165) is 0 Å². The maximum absolute atomic E-state index is 13.5. The van der Waals surface area contributed by atoms with Gasteiger partial charge in [0.1, 0.15) is 0 Å². The normalized spacial score (nSPS) is 16.8. The van der Waals surface area contributed by atoms with Crippen LogP contribution >= 0.6 is 0 Å². The van der Waals surface area contributed by atoms with Crippen LogP contribution in [-0.2, 0) is 16.1 Å². The molecule has 1 amide bonds. The average molecular weight is 416 g/mol. The Balaban J connectivity index is 2.12. The van der Waals surface area contributed by atoms with Gasteiger partial charge in [-0.25, -0.2) is 9.78 Å². The number of nitrogens with zero attached hydrogens (tertiary/aromatic N) is 3. The maximum Gasteiger partial charge on any atom is 0.329 e. The largest absolute Gasteiger partial charge is 0.466 e. The highest BCUT2D eigenvalue weighted by Crippen LogP contribution is 2.24. The van der Waals surface area contributed by atoms with Crippen molar-refractivity contribution in [3.63, 3.8) is 0 Å². The molecule has 1 aliphatic heterocycles. The van der Waals surface area contributed by atoms with Gasteiger partial charge in [0.05, 0.1) is 23.5 Å². The van der Waals surface area contributed by atoms with Crippen molar-refractivity contribution in [2.45, 2.75) is 53.0 Å². The number of likely N-dealkylation sites (tertiary alicyclic amines) is 1. The van der Waals surface area contributed by atoms with E-state index in [-0.39, 0.29) is 46.9 Å². The Morgan fingerprint density at radius 3 is 2.67 bits per heavy atom. The number of ether oxygens (including phenoxy) is 1. The second-order valence-corrected chi connectivity index (χ2v) is 7.79. The molecule has 1 atom stereocenters. The van der Waals surface area contributed by atoms with Gasteiger partial charge in [-0.05, 0) is 38.7 Å². The summed E-state index contributed by atoms with van der Waals surface area (Å²) in [5, 5.41) is 0.101. The number of esters is 1. The molecule has 2 aromatic rings. The van der Waals surface area contributed by atoms with Crippen LogP contribution in [0.4, 0.5) is 0 Å². The van der Waals surface area contributed by atoms with Gasteiger partial charge < -0.3 is 9.64 Å². The van der Waals surface area contributed by atoms with E-state index in [0.29, 0.717) is 38.2 Å². The predicted octanol–water partition coefficient (Wildman–Crippen LogP) is 1.64. The van der Waals surface area contributed by atoms with Crippen LogP contribution in [0, 0.1) is 5.92 Å². The number of rotatable bonds is 5. The van der Waals surface area contributed by atoms with Gasteiger partial charge in [0.25, 0.3) is 11.5 Å². The highest BCUT2D eigenvalue weighted by Gasteiger charge is 2.31. The van der Waals surface area contributed by atoms with Crippen molar-refractivity contribution in [2.24, 2.45) is 5.92 Å². The first-order valence-electron chi connectivity index (χ1n) is 10.4. The third kappa shape index (κ3) is 4.01. The minimum Gasteiger partial charge on any atom is -0.466 e. The highest BCUT2D eigenvalue weighted by atomic mass is 16.5. The van der Waals surface area contributed by atoms with Crippen LogP contribution in [0.15, 0.2) is 15.7 Å². The topological polar surface area (TPSA) is 114 Å². The Morgan fingerprint density at radius 1 is 1.30 bits per heavy atom. The number of pyridine rings is 1. The number of piperidine rings is 1. The molecule has 0 saturated carbocycles. The van der Waals surface area contributed by atoms with Crippen molar-refractivity contribution in [3.05, 3.63) is 38.2 Å². The number of aromatic nitrogens is 3. The van der Waals surface area contributed by atoms with Gasteiger partial charge in [-0.3, -0.25) is 23.9 Å². The maximum atomic E-state index is 13.5. The van der Waals surface area contributed by atoms with Crippen LogP contribution in [0.25, 0.3) is 11.0 Å². The lowest BCUT2D eigenvalue weighted by molar-refractivity contribution is -0.149. The summed E-state index contributed by atoms with van der Waals surface area (Å²) in [7, 11) is 0. The molecular formula is C21H28N4O5. The molecule has 3 rings (SSSR count). The van der Waals surface area contributed by atoms with Crippen molar-refractivity contribution < 1.29 is 14.3 Å². The lowest BCUT2D eigenvalue weighted by atomic mass is 9.96. The number of hydrogen-bond donors (Lipinski definition) is 1. The fourth-order valence-corrected chi connectivity index (χ4v) is 3.84. The molecule has 1 N–H and O–H groups in total. The Morgan fingerprint density at radius 2 is 2.03 bits per heavy atom. The fourth-order valence-electron chi connectivity index (χ4n) is 3.84. The second-order valence-electron chi connectivity index (χ2n) is 7.79. The van der Waals surface area contributed by atoms with Crippen molar-refractivity contribution in [2.75, 3.05) is 19.7 Å². The van der Waals surface area contributed by atoms with E-state index in [1.807, 2.05) is 13.8 Å². The molecule has 0 aromatic carbocycles. The van der Waals surface area contributed by atoms with Crippen LogP contribution in [0.2, 0.25) is 0 Å². The van der Waals surface area contributed by atoms with E-state index in [1.54, 1.807) is 24.8 Å². The summed E-state index contributed by atoms with van der Waals surface area (Å²) in [6, 6.07) is 1.63. The summed E-state index contributed by atoms with van der Waals surface area (Å²) in [6.45, 7) is 8.72. The van der Waals surface area contributed by atoms with Crippen molar-refractivity contribution in [1.29, 1.82) is 0 Å². The van der Waals surface area contributed by atoms with Crippen molar-refractivity contribution in [3.8, 4) is 0 Å². The molecule has 1 fully saturated rings. The van der Waals surface area contributed by atoms with Gasteiger partial charge in [0, 0.05) is 25.3 Å². The van der Waals surface area contributed by atoms with E-state index >= 15 is 0 Å². The highest BCUT2D eigenvalue weighted by molar-refractivity contribution is 6.05. The Bertz CT molecular complexity index is 1090. The SMILES string of the molecule is CCOC(=O)[C@@H]1CCCN(C(=O)c2cc(C(C)C)nc3c2c(=O)[nH]c(=O)n3CC)C1. The molecule has 1 aliphatic rings. The van der Waals surface area contributed by atoms with E-state index in [1.165, 1.54) is 4.57 Å². The van der Waals surface area contributed by atoms with Crippen LogP contribution < -0.4 is 11.2 Å². The first-order valence-corrected chi connectivity index (χ1v) is 10.4. The van der Waals surface area contributed by atoms with E-state index in [2.05, 4.69) is 9.97 Å². The summed E-state index contributed by atoms with van der Waals surface area (Å²) < 4.78 is 6.48.